The highest BCUT2D eigenvalue weighted by Gasteiger charge is 2.35. The van der Waals surface area contributed by atoms with Crippen LogP contribution in [0.3, 0.4) is 0 Å². The van der Waals surface area contributed by atoms with Crippen molar-refractivity contribution in [2.24, 2.45) is 5.41 Å². The molecule has 0 fully saturated rings. The van der Waals surface area contributed by atoms with Gasteiger partial charge in [0, 0.05) is 0 Å². The summed E-state index contributed by atoms with van der Waals surface area (Å²) in [6, 6.07) is 0. The molecule has 0 aliphatic carbocycles. The van der Waals surface area contributed by atoms with Crippen LogP contribution < -0.4 is 0 Å². The fourth-order valence-corrected chi connectivity index (χ4v) is 0.530. The Morgan fingerprint density at radius 2 is 1.44 bits per heavy atom. The van der Waals surface area contributed by atoms with Crippen molar-refractivity contribution in [1.29, 1.82) is 0 Å². The summed E-state index contributed by atoms with van der Waals surface area (Å²) < 4.78 is 13.3. The minimum atomic E-state index is -1.02. The second-order valence-electron chi connectivity index (χ2n) is 3.80. The van der Waals surface area contributed by atoms with Crippen LogP contribution in [0.15, 0.2) is 0 Å². The van der Waals surface area contributed by atoms with Crippen molar-refractivity contribution in [3.8, 4) is 0 Å². The summed E-state index contributed by atoms with van der Waals surface area (Å²) in [4.78, 5) is 0. The quantitative estimate of drug-likeness (QED) is 0.514. The molecule has 0 saturated heterocycles. The summed E-state index contributed by atoms with van der Waals surface area (Å²) in [7, 11) is 0. The second kappa shape index (κ2) is 2.28. The van der Waals surface area contributed by atoms with E-state index in [-0.39, 0.29) is 5.41 Å². The van der Waals surface area contributed by atoms with Crippen LogP contribution in [-0.2, 0) is 0 Å². The van der Waals surface area contributed by atoms with Gasteiger partial charge >= 0.3 is 0 Å². The average molecular weight is 132 g/mol. The lowest BCUT2D eigenvalue weighted by atomic mass is 9.78. The lowest BCUT2D eigenvalue weighted by molar-refractivity contribution is 0.0446. The van der Waals surface area contributed by atoms with Gasteiger partial charge in [-0.3, -0.25) is 0 Å². The molecule has 0 radical (unpaired) electrons. The molecule has 0 saturated carbocycles. The number of hydrogen-bond donors (Lipinski definition) is 0. The van der Waals surface area contributed by atoms with E-state index in [2.05, 4.69) is 0 Å². The maximum atomic E-state index is 13.3. The lowest BCUT2D eigenvalue weighted by Gasteiger charge is -2.33. The van der Waals surface area contributed by atoms with Gasteiger partial charge in [-0.05, 0) is 18.8 Å². The van der Waals surface area contributed by atoms with Crippen LogP contribution in [0, 0.1) is 5.41 Å². The molecule has 1 heteroatoms. The lowest BCUT2D eigenvalue weighted by Crippen LogP contribution is -2.34. The molecule has 0 nitrogen and oxygen atoms in total. The van der Waals surface area contributed by atoms with Gasteiger partial charge in [0.1, 0.15) is 5.67 Å². The Kier molecular flexibility index (Phi) is 2.26. The highest BCUT2D eigenvalue weighted by molar-refractivity contribution is 4.84. The van der Waals surface area contributed by atoms with Crippen molar-refractivity contribution in [3.05, 3.63) is 0 Å². The Labute approximate surface area is 57.5 Å². The van der Waals surface area contributed by atoms with Crippen LogP contribution in [0.1, 0.15) is 41.0 Å². The zero-order chi connectivity index (χ0) is 7.71. The Morgan fingerprint density at radius 1 is 1.11 bits per heavy atom. The molecule has 0 aromatic heterocycles. The maximum absolute atomic E-state index is 13.3. The fourth-order valence-electron chi connectivity index (χ4n) is 0.530. The van der Waals surface area contributed by atoms with Crippen molar-refractivity contribution in [1.82, 2.24) is 0 Å². The molecule has 1 atom stereocenters. The second-order valence-corrected chi connectivity index (χ2v) is 3.80. The molecular weight excluding hydrogens is 115 g/mol. The zero-order valence-corrected chi connectivity index (χ0v) is 7.09. The summed E-state index contributed by atoms with van der Waals surface area (Å²) in [5.41, 5.74) is -1.24. The van der Waals surface area contributed by atoms with Crippen LogP contribution >= 0.6 is 0 Å². The Morgan fingerprint density at radius 3 is 1.44 bits per heavy atom. The van der Waals surface area contributed by atoms with E-state index >= 15 is 0 Å². The summed E-state index contributed by atoms with van der Waals surface area (Å²) in [5, 5.41) is 0. The molecule has 0 amide bonds. The summed E-state index contributed by atoms with van der Waals surface area (Å²) in [6.45, 7) is 9.32. The molecule has 0 rings (SSSR count). The highest BCUT2D eigenvalue weighted by Crippen LogP contribution is 2.35. The minimum absolute atomic E-state index is 0.220. The first-order valence-corrected chi connectivity index (χ1v) is 3.50. The standard InChI is InChI=1S/C8H17F/c1-6-8(5,9)7(2,3)4/h6H2,1-5H3. The molecule has 0 bridgehead atoms. The van der Waals surface area contributed by atoms with Gasteiger partial charge in [0.25, 0.3) is 0 Å². The molecule has 0 aliphatic heterocycles. The van der Waals surface area contributed by atoms with E-state index in [9.17, 15) is 4.39 Å². The van der Waals surface area contributed by atoms with Gasteiger partial charge in [-0.25, -0.2) is 4.39 Å². The molecule has 0 aromatic rings. The molecule has 0 heterocycles. The predicted octanol–water partition coefficient (Wildman–Crippen LogP) is 3.17. The molecular formula is C8H17F. The first-order chi connectivity index (χ1) is 3.81. The molecule has 0 aromatic carbocycles. The topological polar surface area (TPSA) is 0 Å². The third-order valence-electron chi connectivity index (χ3n) is 2.23. The Bertz CT molecular complexity index is 87.2. The average Bonchev–Trinajstić information content (AvgIpc) is 1.64. The highest BCUT2D eigenvalue weighted by atomic mass is 19.1. The first kappa shape index (κ1) is 8.93. The molecule has 56 valence electrons. The van der Waals surface area contributed by atoms with Crippen molar-refractivity contribution < 1.29 is 4.39 Å². The van der Waals surface area contributed by atoms with Gasteiger partial charge in [-0.15, -0.1) is 0 Å². The van der Waals surface area contributed by atoms with Crippen molar-refractivity contribution in [2.45, 2.75) is 46.7 Å². The van der Waals surface area contributed by atoms with Crippen molar-refractivity contribution in [2.75, 3.05) is 0 Å². The van der Waals surface area contributed by atoms with Crippen LogP contribution in [0.2, 0.25) is 0 Å². The van der Waals surface area contributed by atoms with Gasteiger partial charge in [0.05, 0.1) is 0 Å². The van der Waals surface area contributed by atoms with Gasteiger partial charge < -0.3 is 0 Å². The van der Waals surface area contributed by atoms with Gasteiger partial charge in [0.15, 0.2) is 0 Å². The van der Waals surface area contributed by atoms with Crippen molar-refractivity contribution >= 4 is 0 Å². The monoisotopic (exact) mass is 132 g/mol. The summed E-state index contributed by atoms with van der Waals surface area (Å²) >= 11 is 0. The van der Waals surface area contributed by atoms with E-state index in [1.54, 1.807) is 6.92 Å². The smallest absolute Gasteiger partial charge is 0.112 e. The predicted molar refractivity (Wildman–Crippen MR) is 39.3 cm³/mol. The number of alkyl halides is 1. The Balaban J connectivity index is 4.14. The number of halogens is 1. The molecule has 0 N–H and O–H groups in total. The van der Waals surface area contributed by atoms with Crippen LogP contribution in [-0.4, -0.2) is 5.67 Å². The largest absolute Gasteiger partial charge is 0.244 e. The van der Waals surface area contributed by atoms with Crippen LogP contribution in [0.5, 0.6) is 0 Å². The fraction of sp³-hybridized carbons (Fsp3) is 1.00. The van der Waals surface area contributed by atoms with E-state index in [0.717, 1.165) is 0 Å². The number of rotatable bonds is 1. The molecule has 9 heavy (non-hydrogen) atoms. The molecule has 0 aliphatic rings. The molecule has 1 unspecified atom stereocenters. The SMILES string of the molecule is CCC(C)(F)C(C)(C)C. The van der Waals surface area contributed by atoms with Gasteiger partial charge in [-0.2, -0.15) is 0 Å². The van der Waals surface area contributed by atoms with Crippen LogP contribution in [0.25, 0.3) is 0 Å². The van der Waals surface area contributed by atoms with Crippen LogP contribution in [0.4, 0.5) is 4.39 Å². The maximum Gasteiger partial charge on any atom is 0.112 e. The first-order valence-electron chi connectivity index (χ1n) is 3.50. The Hall–Kier alpha value is -0.0700. The minimum Gasteiger partial charge on any atom is -0.244 e. The summed E-state index contributed by atoms with van der Waals surface area (Å²) in [5.74, 6) is 0. The van der Waals surface area contributed by atoms with E-state index in [0.29, 0.717) is 6.42 Å². The van der Waals surface area contributed by atoms with Gasteiger partial charge in [-0.1, -0.05) is 27.7 Å². The van der Waals surface area contributed by atoms with E-state index in [4.69, 9.17) is 0 Å². The van der Waals surface area contributed by atoms with E-state index in [1.807, 2.05) is 27.7 Å². The van der Waals surface area contributed by atoms with Gasteiger partial charge in [0.2, 0.25) is 0 Å². The third kappa shape index (κ3) is 1.96. The van der Waals surface area contributed by atoms with Crippen molar-refractivity contribution in [3.63, 3.8) is 0 Å². The number of hydrogen-bond acceptors (Lipinski definition) is 0. The van der Waals surface area contributed by atoms with E-state index in [1.165, 1.54) is 0 Å². The zero-order valence-electron chi connectivity index (χ0n) is 7.09. The third-order valence-corrected chi connectivity index (χ3v) is 2.23. The summed E-state index contributed by atoms with van der Waals surface area (Å²) in [6.07, 6.45) is 0.594. The van der Waals surface area contributed by atoms with E-state index < -0.39 is 5.67 Å². The molecule has 0 spiro atoms. The normalized spacial score (nSPS) is 19.3.